The van der Waals surface area contributed by atoms with Gasteiger partial charge in [0.05, 0.1) is 11.4 Å². The molecule has 0 fully saturated rings. The van der Waals surface area contributed by atoms with E-state index < -0.39 is 0 Å². The summed E-state index contributed by atoms with van der Waals surface area (Å²) < 4.78 is 0. The van der Waals surface area contributed by atoms with Crippen LogP contribution in [0.25, 0.3) is 0 Å². The van der Waals surface area contributed by atoms with Gasteiger partial charge in [0.15, 0.2) is 5.78 Å². The molecule has 1 unspecified atom stereocenters. The lowest BCUT2D eigenvalue weighted by Crippen LogP contribution is -2.37. The second kappa shape index (κ2) is 7.63. The molecule has 4 heteroatoms. The third-order valence-electron chi connectivity index (χ3n) is 4.75. The number of benzene rings is 2. The molecule has 1 heterocycles. The molecular formula is C21H26N2OS. The minimum absolute atomic E-state index is 0.231. The van der Waals surface area contributed by atoms with Gasteiger partial charge in [-0.25, -0.2) is 0 Å². The Morgan fingerprint density at radius 3 is 2.56 bits per heavy atom. The first-order valence-corrected chi connectivity index (χ1v) is 9.71. The van der Waals surface area contributed by atoms with Crippen LogP contribution in [0.3, 0.4) is 0 Å². The van der Waals surface area contributed by atoms with Crippen molar-refractivity contribution in [1.29, 1.82) is 0 Å². The molecule has 1 atom stereocenters. The summed E-state index contributed by atoms with van der Waals surface area (Å²) in [5, 5.41) is 0. The second-order valence-corrected chi connectivity index (χ2v) is 7.93. The van der Waals surface area contributed by atoms with Crippen molar-refractivity contribution in [3.8, 4) is 0 Å². The van der Waals surface area contributed by atoms with Crippen molar-refractivity contribution in [2.75, 3.05) is 25.5 Å². The number of carbonyl (C=O) groups excluding carboxylic acids is 1. The predicted octanol–water partition coefficient (Wildman–Crippen LogP) is 5.22. The van der Waals surface area contributed by atoms with Crippen LogP contribution in [0.15, 0.2) is 52.3 Å². The number of ketones is 1. The molecule has 0 amide bonds. The summed E-state index contributed by atoms with van der Waals surface area (Å²) in [6, 6.07) is 15.1. The molecule has 3 rings (SSSR count). The molecule has 0 saturated carbocycles. The molecule has 1 aliphatic heterocycles. The van der Waals surface area contributed by atoms with Crippen molar-refractivity contribution in [1.82, 2.24) is 4.90 Å². The molecule has 0 bridgehead atoms. The molecule has 0 aliphatic carbocycles. The molecular weight excluding hydrogens is 328 g/mol. The SMILES string of the molecule is CCCC(=O)c1ccc2c(c1)N(CC(C)N(C)C)c1ccccc1S2. The molecule has 0 aromatic heterocycles. The standard InChI is InChI=1S/C21H26N2OS/c1-5-8-19(24)16-11-12-21-18(13-16)23(14-15(2)22(3)4)17-9-6-7-10-20(17)25-21/h6-7,9-13,15H,5,8,14H2,1-4H3. The Morgan fingerprint density at radius 2 is 1.84 bits per heavy atom. The van der Waals surface area contributed by atoms with Crippen LogP contribution in [0, 0.1) is 0 Å². The molecule has 3 nitrogen and oxygen atoms in total. The number of fused-ring (bicyclic) bond motifs is 2. The van der Waals surface area contributed by atoms with Gasteiger partial charge in [0, 0.05) is 34.4 Å². The van der Waals surface area contributed by atoms with Crippen molar-refractivity contribution >= 4 is 28.9 Å². The fraction of sp³-hybridized carbons (Fsp3) is 0.381. The predicted molar refractivity (Wildman–Crippen MR) is 106 cm³/mol. The maximum Gasteiger partial charge on any atom is 0.162 e. The average molecular weight is 355 g/mol. The Balaban J connectivity index is 2.03. The van der Waals surface area contributed by atoms with Gasteiger partial charge in [0.2, 0.25) is 0 Å². The fourth-order valence-electron chi connectivity index (χ4n) is 3.00. The van der Waals surface area contributed by atoms with Gasteiger partial charge in [-0.3, -0.25) is 4.79 Å². The fourth-order valence-corrected chi connectivity index (χ4v) is 4.07. The summed E-state index contributed by atoms with van der Waals surface area (Å²) in [6.07, 6.45) is 1.49. The number of rotatable bonds is 6. The van der Waals surface area contributed by atoms with E-state index in [4.69, 9.17) is 0 Å². The Kier molecular flexibility index (Phi) is 5.50. The summed E-state index contributed by atoms with van der Waals surface area (Å²) in [5.74, 6) is 0.231. The number of anilines is 2. The topological polar surface area (TPSA) is 23.6 Å². The van der Waals surface area contributed by atoms with E-state index in [-0.39, 0.29) is 5.78 Å². The van der Waals surface area contributed by atoms with E-state index >= 15 is 0 Å². The van der Waals surface area contributed by atoms with Crippen molar-refractivity contribution in [2.24, 2.45) is 0 Å². The third kappa shape index (κ3) is 3.75. The Morgan fingerprint density at radius 1 is 1.12 bits per heavy atom. The van der Waals surface area contributed by atoms with Gasteiger partial charge >= 0.3 is 0 Å². The van der Waals surface area contributed by atoms with E-state index in [1.54, 1.807) is 11.8 Å². The number of likely N-dealkylation sites (N-methyl/N-ethyl adjacent to an activating group) is 1. The van der Waals surface area contributed by atoms with Gasteiger partial charge in [-0.05, 0) is 51.7 Å². The maximum absolute atomic E-state index is 12.4. The normalized spacial score (nSPS) is 14.2. The van der Waals surface area contributed by atoms with Gasteiger partial charge in [-0.1, -0.05) is 36.9 Å². The second-order valence-electron chi connectivity index (χ2n) is 6.85. The quantitative estimate of drug-likeness (QED) is 0.663. The van der Waals surface area contributed by atoms with Crippen LogP contribution >= 0.6 is 11.8 Å². The average Bonchev–Trinajstić information content (AvgIpc) is 2.61. The van der Waals surface area contributed by atoms with Gasteiger partial charge < -0.3 is 9.80 Å². The minimum atomic E-state index is 0.231. The zero-order chi connectivity index (χ0) is 18.0. The smallest absolute Gasteiger partial charge is 0.162 e. The van der Waals surface area contributed by atoms with E-state index in [2.05, 4.69) is 67.2 Å². The van der Waals surface area contributed by atoms with Gasteiger partial charge in [-0.2, -0.15) is 0 Å². The third-order valence-corrected chi connectivity index (χ3v) is 5.88. The molecule has 25 heavy (non-hydrogen) atoms. The highest BCUT2D eigenvalue weighted by molar-refractivity contribution is 7.99. The Hall–Kier alpha value is -1.78. The zero-order valence-corrected chi connectivity index (χ0v) is 16.3. The van der Waals surface area contributed by atoms with Crippen molar-refractivity contribution in [3.05, 3.63) is 48.0 Å². The van der Waals surface area contributed by atoms with E-state index in [1.165, 1.54) is 15.5 Å². The van der Waals surface area contributed by atoms with Crippen molar-refractivity contribution in [2.45, 2.75) is 42.5 Å². The first-order chi connectivity index (χ1) is 12.0. The number of hydrogen-bond donors (Lipinski definition) is 0. The highest BCUT2D eigenvalue weighted by Crippen LogP contribution is 2.48. The van der Waals surface area contributed by atoms with Gasteiger partial charge in [0.1, 0.15) is 0 Å². The number of nitrogens with zero attached hydrogens (tertiary/aromatic N) is 2. The van der Waals surface area contributed by atoms with Crippen LogP contribution in [0.4, 0.5) is 11.4 Å². The number of carbonyl (C=O) groups is 1. The minimum Gasteiger partial charge on any atom is -0.338 e. The summed E-state index contributed by atoms with van der Waals surface area (Å²) in [7, 11) is 4.22. The first-order valence-electron chi connectivity index (χ1n) is 8.89. The number of hydrogen-bond acceptors (Lipinski definition) is 4. The molecule has 0 spiro atoms. The molecule has 0 saturated heterocycles. The first kappa shape index (κ1) is 18.0. The van der Waals surface area contributed by atoms with E-state index in [0.717, 1.165) is 24.2 Å². The summed E-state index contributed by atoms with van der Waals surface area (Å²) in [6.45, 7) is 5.17. The van der Waals surface area contributed by atoms with Crippen molar-refractivity contribution < 1.29 is 4.79 Å². The Bertz CT molecular complexity index is 772. The van der Waals surface area contributed by atoms with Crippen LogP contribution in [0.2, 0.25) is 0 Å². The largest absolute Gasteiger partial charge is 0.338 e. The van der Waals surface area contributed by atoms with Crippen LogP contribution in [0.5, 0.6) is 0 Å². The monoisotopic (exact) mass is 354 g/mol. The summed E-state index contributed by atoms with van der Waals surface area (Å²) in [4.78, 5) is 19.5. The van der Waals surface area contributed by atoms with Gasteiger partial charge in [-0.15, -0.1) is 0 Å². The van der Waals surface area contributed by atoms with Crippen molar-refractivity contribution in [3.63, 3.8) is 0 Å². The lowest BCUT2D eigenvalue weighted by atomic mass is 10.0. The molecule has 2 aromatic rings. The van der Waals surface area contributed by atoms with Crippen LogP contribution < -0.4 is 4.90 Å². The number of Topliss-reactive ketones (excluding diaryl/α,β-unsaturated/α-hetero) is 1. The van der Waals surface area contributed by atoms with E-state index in [1.807, 2.05) is 13.0 Å². The highest BCUT2D eigenvalue weighted by atomic mass is 32.2. The lowest BCUT2D eigenvalue weighted by Gasteiger charge is -2.36. The molecule has 0 N–H and O–H groups in total. The maximum atomic E-state index is 12.4. The molecule has 0 radical (unpaired) electrons. The van der Waals surface area contributed by atoms with Gasteiger partial charge in [0.25, 0.3) is 0 Å². The van der Waals surface area contributed by atoms with Crippen LogP contribution in [0.1, 0.15) is 37.0 Å². The number of para-hydroxylation sites is 1. The highest BCUT2D eigenvalue weighted by Gasteiger charge is 2.25. The molecule has 2 aromatic carbocycles. The van der Waals surface area contributed by atoms with E-state index in [0.29, 0.717) is 12.5 Å². The van der Waals surface area contributed by atoms with Crippen LogP contribution in [-0.2, 0) is 0 Å². The molecule has 1 aliphatic rings. The summed E-state index contributed by atoms with van der Waals surface area (Å²) >= 11 is 1.79. The molecule has 132 valence electrons. The van der Waals surface area contributed by atoms with E-state index in [9.17, 15) is 4.79 Å². The lowest BCUT2D eigenvalue weighted by molar-refractivity contribution is 0.0981. The Labute approximate surface area is 155 Å². The zero-order valence-electron chi connectivity index (χ0n) is 15.5. The summed E-state index contributed by atoms with van der Waals surface area (Å²) in [5.41, 5.74) is 3.20. The van der Waals surface area contributed by atoms with Crippen LogP contribution in [-0.4, -0.2) is 37.4 Å².